The Hall–Kier alpha value is -3.74. The number of aromatic nitrogens is 1. The van der Waals surface area contributed by atoms with E-state index < -0.39 is 6.03 Å². The molecule has 1 aliphatic heterocycles. The van der Waals surface area contributed by atoms with Crippen molar-refractivity contribution in [2.24, 2.45) is 0 Å². The molecule has 194 valence electrons. The van der Waals surface area contributed by atoms with Crippen LogP contribution in [0.25, 0.3) is 5.69 Å². The number of anilines is 2. The van der Waals surface area contributed by atoms with E-state index in [4.69, 9.17) is 23.2 Å². The number of carbonyl (C=O) groups excluding carboxylic acids is 2. The Balaban J connectivity index is 1.51. The number of halogens is 2. The standard InChI is InChI=1S/C30H28Cl2N4O2/c1-19(2)35(30(38)33-24-15-14-22(31)17-23(24)32)18-28(37)36-26-8-5-4-7-25(26)34-16-6-9-27(34)29(36)21-12-10-20(3)11-13-21/h4-17,19,29H,18H2,1-3H3,(H,33,38). The van der Waals surface area contributed by atoms with Crippen LogP contribution in [-0.4, -0.2) is 34.0 Å². The summed E-state index contributed by atoms with van der Waals surface area (Å²) in [5.74, 6) is -0.193. The molecular formula is C30H28Cl2N4O2. The van der Waals surface area contributed by atoms with Crippen LogP contribution >= 0.6 is 23.2 Å². The van der Waals surface area contributed by atoms with Crippen molar-refractivity contribution in [2.45, 2.75) is 32.9 Å². The van der Waals surface area contributed by atoms with Gasteiger partial charge in [-0.05, 0) is 68.8 Å². The molecule has 0 bridgehead atoms. The van der Waals surface area contributed by atoms with Gasteiger partial charge in [0.05, 0.1) is 27.8 Å². The molecule has 3 aromatic carbocycles. The number of carbonyl (C=O) groups is 2. The molecule has 0 spiro atoms. The van der Waals surface area contributed by atoms with Gasteiger partial charge >= 0.3 is 6.03 Å². The van der Waals surface area contributed by atoms with E-state index in [2.05, 4.69) is 34.1 Å². The van der Waals surface area contributed by atoms with Crippen molar-refractivity contribution in [3.63, 3.8) is 0 Å². The fourth-order valence-electron chi connectivity index (χ4n) is 4.81. The molecule has 1 unspecified atom stereocenters. The maximum Gasteiger partial charge on any atom is 0.322 e. The van der Waals surface area contributed by atoms with Gasteiger partial charge in [0.2, 0.25) is 5.91 Å². The van der Waals surface area contributed by atoms with Crippen molar-refractivity contribution in [3.05, 3.63) is 112 Å². The quantitative estimate of drug-likeness (QED) is 0.282. The van der Waals surface area contributed by atoms with Crippen LogP contribution in [0.1, 0.15) is 36.7 Å². The molecule has 0 saturated carbocycles. The molecule has 0 radical (unpaired) electrons. The highest BCUT2D eigenvalue weighted by atomic mass is 35.5. The summed E-state index contributed by atoms with van der Waals surface area (Å²) in [6, 6.07) is 23.9. The summed E-state index contributed by atoms with van der Waals surface area (Å²) in [6.45, 7) is 5.68. The summed E-state index contributed by atoms with van der Waals surface area (Å²) in [6.07, 6.45) is 2.01. The molecule has 1 N–H and O–H groups in total. The number of para-hydroxylation sites is 2. The van der Waals surface area contributed by atoms with Crippen LogP contribution in [0.5, 0.6) is 0 Å². The average molecular weight is 547 g/mol. The van der Waals surface area contributed by atoms with E-state index in [1.165, 1.54) is 4.90 Å². The molecular weight excluding hydrogens is 519 g/mol. The lowest BCUT2D eigenvalue weighted by atomic mass is 9.97. The van der Waals surface area contributed by atoms with Gasteiger partial charge in [-0.2, -0.15) is 0 Å². The van der Waals surface area contributed by atoms with Gasteiger partial charge in [0.15, 0.2) is 0 Å². The number of rotatable bonds is 5. The maximum absolute atomic E-state index is 14.2. The van der Waals surface area contributed by atoms with Crippen molar-refractivity contribution in [1.29, 1.82) is 0 Å². The summed E-state index contributed by atoms with van der Waals surface area (Å²) in [5, 5.41) is 3.63. The van der Waals surface area contributed by atoms with Crippen LogP contribution < -0.4 is 10.2 Å². The van der Waals surface area contributed by atoms with Crippen LogP contribution in [0.3, 0.4) is 0 Å². The Labute approximate surface area is 232 Å². The molecule has 0 fully saturated rings. The minimum atomic E-state index is -0.418. The van der Waals surface area contributed by atoms with Gasteiger partial charge in [-0.1, -0.05) is 65.2 Å². The van der Waals surface area contributed by atoms with Crippen LogP contribution in [-0.2, 0) is 4.79 Å². The Morgan fingerprint density at radius 1 is 0.947 bits per heavy atom. The highest BCUT2D eigenvalue weighted by molar-refractivity contribution is 6.36. The predicted molar refractivity (Wildman–Crippen MR) is 154 cm³/mol. The Kier molecular flexibility index (Phi) is 7.19. The fourth-order valence-corrected chi connectivity index (χ4v) is 5.27. The molecule has 0 aliphatic carbocycles. The van der Waals surface area contributed by atoms with Gasteiger partial charge in [0.1, 0.15) is 12.6 Å². The Bertz CT molecular complexity index is 1500. The van der Waals surface area contributed by atoms with Crippen molar-refractivity contribution in [1.82, 2.24) is 9.47 Å². The SMILES string of the molecule is Cc1ccc(C2c3cccn3-c3ccccc3N2C(=O)CN(C(=O)Nc2ccc(Cl)cc2Cl)C(C)C)cc1. The molecule has 4 aromatic rings. The number of fused-ring (bicyclic) bond motifs is 3. The lowest BCUT2D eigenvalue weighted by molar-refractivity contribution is -0.119. The zero-order valence-electron chi connectivity index (χ0n) is 21.4. The van der Waals surface area contributed by atoms with Crippen molar-refractivity contribution >= 4 is 46.5 Å². The summed E-state index contributed by atoms with van der Waals surface area (Å²) in [5.41, 5.74) is 5.25. The summed E-state index contributed by atoms with van der Waals surface area (Å²) in [7, 11) is 0. The topological polar surface area (TPSA) is 57.6 Å². The maximum atomic E-state index is 14.2. The zero-order chi connectivity index (χ0) is 27.0. The monoisotopic (exact) mass is 546 g/mol. The summed E-state index contributed by atoms with van der Waals surface area (Å²) < 4.78 is 2.12. The van der Waals surface area contributed by atoms with Gasteiger partial charge in [-0.3, -0.25) is 9.69 Å². The highest BCUT2D eigenvalue weighted by Gasteiger charge is 2.37. The molecule has 8 heteroatoms. The first-order valence-electron chi connectivity index (χ1n) is 12.4. The molecule has 6 nitrogen and oxygen atoms in total. The second kappa shape index (κ2) is 10.6. The second-order valence-electron chi connectivity index (χ2n) is 9.64. The smallest absolute Gasteiger partial charge is 0.316 e. The van der Waals surface area contributed by atoms with Crippen molar-refractivity contribution in [2.75, 3.05) is 16.8 Å². The van der Waals surface area contributed by atoms with Gasteiger partial charge in [-0.15, -0.1) is 0 Å². The lowest BCUT2D eigenvalue weighted by Crippen LogP contribution is -2.49. The number of benzene rings is 3. The molecule has 2 heterocycles. The number of nitrogens with zero attached hydrogens (tertiary/aromatic N) is 3. The second-order valence-corrected chi connectivity index (χ2v) is 10.5. The number of amides is 3. The largest absolute Gasteiger partial charge is 0.322 e. The number of urea groups is 1. The minimum absolute atomic E-state index is 0.119. The molecule has 1 atom stereocenters. The fraction of sp³-hybridized carbons (Fsp3) is 0.200. The molecule has 1 aromatic heterocycles. The highest BCUT2D eigenvalue weighted by Crippen LogP contribution is 2.42. The van der Waals surface area contributed by atoms with Crippen molar-refractivity contribution < 1.29 is 9.59 Å². The average Bonchev–Trinajstić information content (AvgIpc) is 3.38. The van der Waals surface area contributed by atoms with E-state index in [0.717, 1.165) is 28.2 Å². The Morgan fingerprint density at radius 3 is 2.34 bits per heavy atom. The van der Waals surface area contributed by atoms with E-state index in [0.29, 0.717) is 15.7 Å². The van der Waals surface area contributed by atoms with Crippen molar-refractivity contribution in [3.8, 4) is 5.69 Å². The molecule has 0 saturated heterocycles. The third kappa shape index (κ3) is 4.89. The first-order valence-corrected chi connectivity index (χ1v) is 13.2. The summed E-state index contributed by atoms with van der Waals surface area (Å²) >= 11 is 12.3. The van der Waals surface area contributed by atoms with E-state index >= 15 is 0 Å². The van der Waals surface area contributed by atoms with E-state index in [-0.39, 0.29) is 24.5 Å². The molecule has 1 aliphatic rings. The normalized spacial score (nSPS) is 14.2. The molecule has 5 rings (SSSR count). The summed E-state index contributed by atoms with van der Waals surface area (Å²) in [4.78, 5) is 30.8. The zero-order valence-corrected chi connectivity index (χ0v) is 22.9. The van der Waals surface area contributed by atoms with Crippen LogP contribution in [0.2, 0.25) is 10.0 Å². The predicted octanol–water partition coefficient (Wildman–Crippen LogP) is 7.47. The minimum Gasteiger partial charge on any atom is -0.316 e. The van der Waals surface area contributed by atoms with Crippen LogP contribution in [0, 0.1) is 6.92 Å². The molecule has 3 amide bonds. The first kappa shape index (κ1) is 25.9. The van der Waals surface area contributed by atoms with Gasteiger partial charge < -0.3 is 14.8 Å². The van der Waals surface area contributed by atoms with Gasteiger partial charge in [0, 0.05) is 17.3 Å². The number of hydrogen-bond donors (Lipinski definition) is 1. The number of hydrogen-bond acceptors (Lipinski definition) is 2. The third-order valence-electron chi connectivity index (χ3n) is 6.74. The molecule has 38 heavy (non-hydrogen) atoms. The third-order valence-corrected chi connectivity index (χ3v) is 7.29. The van der Waals surface area contributed by atoms with Gasteiger partial charge in [-0.25, -0.2) is 4.79 Å². The van der Waals surface area contributed by atoms with E-state index in [1.54, 1.807) is 18.2 Å². The van der Waals surface area contributed by atoms with Crippen LogP contribution in [0.4, 0.5) is 16.2 Å². The van der Waals surface area contributed by atoms with Crippen LogP contribution in [0.15, 0.2) is 85.1 Å². The lowest BCUT2D eigenvalue weighted by Gasteiger charge is -2.40. The first-order chi connectivity index (χ1) is 18.2. The van der Waals surface area contributed by atoms with E-state index in [9.17, 15) is 9.59 Å². The number of aryl methyl sites for hydroxylation is 1. The van der Waals surface area contributed by atoms with E-state index in [1.807, 2.05) is 68.3 Å². The van der Waals surface area contributed by atoms with Gasteiger partial charge in [0.25, 0.3) is 0 Å². The Morgan fingerprint density at radius 2 is 1.66 bits per heavy atom. The number of nitrogens with one attached hydrogen (secondary N) is 1.